The molecule has 0 aliphatic carbocycles. The van der Waals surface area contributed by atoms with Gasteiger partial charge in [-0.1, -0.05) is 19.4 Å². The maximum atomic E-state index is 13.3. The standard InChI is InChI=1S/C25H23FN6O3S/c1-2-4-17-12-22(33)29-25(27-17)32-21(13-19(30-32)20-5-3-10-36-20)28-24(35)15-11-23(34)31(14-15)18-8-6-16(26)7-9-18/h3,5-10,12-13,15H,2,4,11,14H2,1H3,(H,28,35)(H,27,29,33). The molecule has 184 valence electrons. The predicted molar refractivity (Wildman–Crippen MR) is 135 cm³/mol. The van der Waals surface area contributed by atoms with E-state index >= 15 is 0 Å². The van der Waals surface area contributed by atoms with E-state index in [-0.39, 0.29) is 36.3 Å². The zero-order chi connectivity index (χ0) is 25.2. The number of thiophene rings is 1. The van der Waals surface area contributed by atoms with Crippen LogP contribution >= 0.6 is 11.3 Å². The number of hydrogen-bond acceptors (Lipinski definition) is 6. The molecule has 4 aromatic rings. The first-order valence-electron chi connectivity index (χ1n) is 11.5. The van der Waals surface area contributed by atoms with Gasteiger partial charge in [-0.2, -0.15) is 9.78 Å². The summed E-state index contributed by atoms with van der Waals surface area (Å²) >= 11 is 1.49. The number of aryl methyl sites for hydroxylation is 1. The van der Waals surface area contributed by atoms with Crippen LogP contribution in [-0.4, -0.2) is 38.1 Å². The highest BCUT2D eigenvalue weighted by atomic mass is 32.1. The number of hydrogen-bond donors (Lipinski definition) is 2. The number of H-pyrrole nitrogens is 1. The molecule has 1 aliphatic heterocycles. The molecule has 0 bridgehead atoms. The van der Waals surface area contributed by atoms with Crippen molar-refractivity contribution in [1.29, 1.82) is 0 Å². The highest BCUT2D eigenvalue weighted by Gasteiger charge is 2.35. The Labute approximate surface area is 209 Å². The van der Waals surface area contributed by atoms with Gasteiger partial charge in [0.05, 0.1) is 10.8 Å². The summed E-state index contributed by atoms with van der Waals surface area (Å²) in [5, 5.41) is 9.39. The third kappa shape index (κ3) is 4.82. The smallest absolute Gasteiger partial charge is 0.252 e. The summed E-state index contributed by atoms with van der Waals surface area (Å²) in [5.41, 5.74) is 1.46. The molecule has 36 heavy (non-hydrogen) atoms. The van der Waals surface area contributed by atoms with Crippen LogP contribution in [0.1, 0.15) is 25.5 Å². The molecule has 0 radical (unpaired) electrons. The molecule has 1 aromatic carbocycles. The SMILES string of the molecule is CCCc1cc(=O)[nH]c(-n2nc(-c3cccs3)cc2NC(=O)C2CC(=O)N(c3ccc(F)cc3)C2)n1. The van der Waals surface area contributed by atoms with Crippen LogP contribution in [0.5, 0.6) is 0 Å². The molecule has 1 saturated heterocycles. The summed E-state index contributed by atoms with van der Waals surface area (Å²) < 4.78 is 14.7. The Morgan fingerprint density at radius 3 is 2.75 bits per heavy atom. The van der Waals surface area contributed by atoms with Gasteiger partial charge in [0.25, 0.3) is 5.56 Å². The first-order valence-corrected chi connectivity index (χ1v) is 12.4. The highest BCUT2D eigenvalue weighted by Crippen LogP contribution is 2.29. The fraction of sp³-hybridized carbons (Fsp3) is 0.240. The third-order valence-corrected chi connectivity index (χ3v) is 6.75. The molecule has 0 saturated carbocycles. The molecule has 4 heterocycles. The molecular weight excluding hydrogens is 483 g/mol. The Bertz CT molecular complexity index is 1460. The van der Waals surface area contributed by atoms with Crippen molar-refractivity contribution in [2.75, 3.05) is 16.8 Å². The van der Waals surface area contributed by atoms with Crippen molar-refractivity contribution in [1.82, 2.24) is 19.7 Å². The Morgan fingerprint density at radius 1 is 1.22 bits per heavy atom. The van der Waals surface area contributed by atoms with E-state index in [0.29, 0.717) is 29.3 Å². The lowest BCUT2D eigenvalue weighted by atomic mass is 10.1. The number of aromatic nitrogens is 4. The number of aromatic amines is 1. The first-order chi connectivity index (χ1) is 17.4. The predicted octanol–water partition coefficient (Wildman–Crippen LogP) is 3.77. The largest absolute Gasteiger partial charge is 0.312 e. The molecular formula is C25H23FN6O3S. The number of rotatable bonds is 7. The second kappa shape index (κ2) is 9.86. The fourth-order valence-electron chi connectivity index (χ4n) is 4.14. The van der Waals surface area contributed by atoms with E-state index in [4.69, 9.17) is 0 Å². The van der Waals surface area contributed by atoms with Gasteiger partial charge >= 0.3 is 0 Å². The Kier molecular flexibility index (Phi) is 6.47. The van der Waals surface area contributed by atoms with Crippen molar-refractivity contribution >= 4 is 34.7 Å². The normalized spacial score (nSPS) is 15.4. The molecule has 0 spiro atoms. The average molecular weight is 507 g/mol. The number of halogens is 1. The van der Waals surface area contributed by atoms with Crippen molar-refractivity contribution in [2.24, 2.45) is 5.92 Å². The quantitative estimate of drug-likeness (QED) is 0.396. The number of carbonyl (C=O) groups excluding carboxylic acids is 2. The summed E-state index contributed by atoms with van der Waals surface area (Å²) in [4.78, 5) is 47.7. The molecule has 3 aromatic heterocycles. The number of benzene rings is 1. The molecule has 1 unspecified atom stereocenters. The van der Waals surface area contributed by atoms with E-state index in [1.165, 1.54) is 51.3 Å². The molecule has 1 atom stereocenters. The van der Waals surface area contributed by atoms with Crippen LogP contribution in [0.2, 0.25) is 0 Å². The van der Waals surface area contributed by atoms with Crippen LogP contribution in [0.15, 0.2) is 58.7 Å². The zero-order valence-electron chi connectivity index (χ0n) is 19.4. The Hall–Kier alpha value is -4.12. The van der Waals surface area contributed by atoms with Crippen molar-refractivity contribution in [3.05, 3.63) is 75.8 Å². The number of anilines is 2. The average Bonchev–Trinajstić information content (AvgIpc) is 3.59. The molecule has 11 heteroatoms. The second-order valence-electron chi connectivity index (χ2n) is 8.49. The van der Waals surface area contributed by atoms with Gasteiger partial charge < -0.3 is 10.2 Å². The van der Waals surface area contributed by atoms with Crippen LogP contribution in [0, 0.1) is 11.7 Å². The van der Waals surface area contributed by atoms with E-state index in [9.17, 15) is 18.8 Å². The fourth-order valence-corrected chi connectivity index (χ4v) is 4.82. The summed E-state index contributed by atoms with van der Waals surface area (Å²) in [6, 6.07) is 12.6. The molecule has 2 N–H and O–H groups in total. The summed E-state index contributed by atoms with van der Waals surface area (Å²) in [7, 11) is 0. The molecule has 2 amide bonds. The van der Waals surface area contributed by atoms with Crippen LogP contribution in [0.25, 0.3) is 16.5 Å². The number of nitrogens with one attached hydrogen (secondary N) is 2. The van der Waals surface area contributed by atoms with Gasteiger partial charge in [0.1, 0.15) is 17.3 Å². The van der Waals surface area contributed by atoms with Crippen LogP contribution < -0.4 is 15.8 Å². The van der Waals surface area contributed by atoms with Crippen molar-refractivity contribution in [3.63, 3.8) is 0 Å². The third-order valence-electron chi connectivity index (χ3n) is 5.86. The van der Waals surface area contributed by atoms with E-state index in [2.05, 4.69) is 20.4 Å². The summed E-state index contributed by atoms with van der Waals surface area (Å²) in [6.07, 6.45) is 1.47. The Morgan fingerprint density at radius 2 is 2.03 bits per heavy atom. The van der Waals surface area contributed by atoms with Gasteiger partial charge in [-0.3, -0.25) is 19.4 Å². The lowest BCUT2D eigenvalue weighted by molar-refractivity contribution is -0.122. The second-order valence-corrected chi connectivity index (χ2v) is 9.43. The van der Waals surface area contributed by atoms with Crippen LogP contribution in [0.3, 0.4) is 0 Å². The lowest BCUT2D eigenvalue weighted by Gasteiger charge is -2.16. The van der Waals surface area contributed by atoms with Crippen molar-refractivity contribution in [2.45, 2.75) is 26.2 Å². The monoisotopic (exact) mass is 506 g/mol. The van der Waals surface area contributed by atoms with E-state index < -0.39 is 11.7 Å². The van der Waals surface area contributed by atoms with Gasteiger partial charge in [-0.15, -0.1) is 11.3 Å². The van der Waals surface area contributed by atoms with Gasteiger partial charge in [0.2, 0.25) is 17.8 Å². The summed E-state index contributed by atoms with van der Waals surface area (Å²) in [5.74, 6) is -1.07. The van der Waals surface area contributed by atoms with Gasteiger partial charge in [0.15, 0.2) is 0 Å². The minimum Gasteiger partial charge on any atom is -0.312 e. The molecule has 1 aliphatic rings. The number of carbonyl (C=O) groups is 2. The zero-order valence-corrected chi connectivity index (χ0v) is 20.2. The van der Waals surface area contributed by atoms with Gasteiger partial charge in [-0.05, 0) is 42.1 Å². The molecule has 9 nitrogen and oxygen atoms in total. The minimum absolute atomic E-state index is 0.0240. The first kappa shape index (κ1) is 23.6. The maximum Gasteiger partial charge on any atom is 0.252 e. The lowest BCUT2D eigenvalue weighted by Crippen LogP contribution is -2.29. The number of amides is 2. The molecule has 5 rings (SSSR count). The highest BCUT2D eigenvalue weighted by molar-refractivity contribution is 7.13. The number of nitrogens with zero attached hydrogens (tertiary/aromatic N) is 4. The minimum atomic E-state index is -0.616. The van der Waals surface area contributed by atoms with Crippen molar-refractivity contribution < 1.29 is 14.0 Å². The van der Waals surface area contributed by atoms with E-state index in [1.807, 2.05) is 24.4 Å². The summed E-state index contributed by atoms with van der Waals surface area (Å²) in [6.45, 7) is 2.17. The Balaban J connectivity index is 1.44. The van der Waals surface area contributed by atoms with Crippen LogP contribution in [-0.2, 0) is 16.0 Å². The van der Waals surface area contributed by atoms with Gasteiger partial charge in [-0.25, -0.2) is 9.37 Å². The molecule has 1 fully saturated rings. The van der Waals surface area contributed by atoms with Crippen molar-refractivity contribution in [3.8, 4) is 16.5 Å². The van der Waals surface area contributed by atoms with Crippen LogP contribution in [0.4, 0.5) is 15.9 Å². The van der Waals surface area contributed by atoms with E-state index in [0.717, 1.165) is 11.3 Å². The van der Waals surface area contributed by atoms with E-state index in [1.54, 1.807) is 6.07 Å². The maximum absolute atomic E-state index is 13.3. The van der Waals surface area contributed by atoms with Gasteiger partial charge in [0, 0.05) is 36.5 Å². The topological polar surface area (TPSA) is 113 Å².